The van der Waals surface area contributed by atoms with Gasteiger partial charge in [0.15, 0.2) is 0 Å². The van der Waals surface area contributed by atoms with E-state index in [1.54, 1.807) is 25.4 Å². The fourth-order valence-electron chi connectivity index (χ4n) is 0.762. The average molecular weight is 162 g/mol. The van der Waals surface area contributed by atoms with Crippen LogP contribution in [0.3, 0.4) is 0 Å². The molecule has 0 fully saturated rings. The van der Waals surface area contributed by atoms with Crippen molar-refractivity contribution in [3.05, 3.63) is 48.7 Å². The Hall–Kier alpha value is -1.57. The standard InChI is InChI=1S/C10H14N2/c1-4-6-9(5-2)10(7-11)8-12-3/h4-8H,1-2,11H2,3H3/b9-6+,10-7?,12-8?. The molecule has 64 valence electrons. The molecule has 0 heterocycles. The lowest BCUT2D eigenvalue weighted by atomic mass is 10.1. The monoisotopic (exact) mass is 162 g/mol. The highest BCUT2D eigenvalue weighted by Gasteiger charge is 1.94. The highest BCUT2D eigenvalue weighted by molar-refractivity contribution is 5.85. The molecule has 2 heteroatoms. The number of nitrogens with zero attached hydrogens (tertiary/aromatic N) is 1. The van der Waals surface area contributed by atoms with Crippen molar-refractivity contribution < 1.29 is 0 Å². The smallest absolute Gasteiger partial charge is 0.0301 e. The van der Waals surface area contributed by atoms with E-state index in [1.165, 1.54) is 6.20 Å². The van der Waals surface area contributed by atoms with Crippen molar-refractivity contribution >= 4 is 6.21 Å². The van der Waals surface area contributed by atoms with Crippen LogP contribution < -0.4 is 5.73 Å². The molecule has 0 atom stereocenters. The van der Waals surface area contributed by atoms with Crippen LogP contribution in [-0.2, 0) is 0 Å². The highest BCUT2D eigenvalue weighted by Crippen LogP contribution is 2.07. The second kappa shape index (κ2) is 6.16. The molecule has 0 aliphatic rings. The molecule has 0 aromatic carbocycles. The zero-order valence-corrected chi connectivity index (χ0v) is 7.33. The first-order valence-corrected chi connectivity index (χ1v) is 3.59. The first kappa shape index (κ1) is 10.4. The largest absolute Gasteiger partial charge is 0.404 e. The van der Waals surface area contributed by atoms with Gasteiger partial charge in [-0.05, 0) is 5.57 Å². The van der Waals surface area contributed by atoms with Gasteiger partial charge in [0.05, 0.1) is 0 Å². The summed E-state index contributed by atoms with van der Waals surface area (Å²) in [4.78, 5) is 3.86. The summed E-state index contributed by atoms with van der Waals surface area (Å²) in [5.74, 6) is 0. The van der Waals surface area contributed by atoms with Gasteiger partial charge < -0.3 is 5.73 Å². The van der Waals surface area contributed by atoms with Gasteiger partial charge in [-0.1, -0.05) is 31.4 Å². The van der Waals surface area contributed by atoms with Crippen LogP contribution in [0.1, 0.15) is 0 Å². The number of allylic oxidation sites excluding steroid dienone is 5. The van der Waals surface area contributed by atoms with Gasteiger partial charge in [-0.3, -0.25) is 4.99 Å². The van der Waals surface area contributed by atoms with Crippen LogP contribution in [0.5, 0.6) is 0 Å². The topological polar surface area (TPSA) is 38.4 Å². The SMILES string of the molecule is C=C/C=C(\C=C)C(C=NC)=CN. The minimum absolute atomic E-state index is 0.840. The maximum Gasteiger partial charge on any atom is 0.0301 e. The van der Waals surface area contributed by atoms with Crippen LogP contribution in [0.25, 0.3) is 0 Å². The van der Waals surface area contributed by atoms with Gasteiger partial charge in [-0.2, -0.15) is 0 Å². The molecule has 2 nitrogen and oxygen atoms in total. The van der Waals surface area contributed by atoms with E-state index in [9.17, 15) is 0 Å². The van der Waals surface area contributed by atoms with E-state index in [2.05, 4.69) is 18.2 Å². The molecular weight excluding hydrogens is 148 g/mol. The van der Waals surface area contributed by atoms with E-state index in [0.717, 1.165) is 11.1 Å². The van der Waals surface area contributed by atoms with Gasteiger partial charge in [0, 0.05) is 25.0 Å². The molecule has 0 aromatic rings. The minimum atomic E-state index is 0.840. The lowest BCUT2D eigenvalue weighted by Gasteiger charge is -1.99. The lowest BCUT2D eigenvalue weighted by molar-refractivity contribution is 1.43. The van der Waals surface area contributed by atoms with Gasteiger partial charge in [0.25, 0.3) is 0 Å². The molecule has 0 rings (SSSR count). The summed E-state index contributed by atoms with van der Waals surface area (Å²) in [6, 6.07) is 0. The molecule has 0 aliphatic carbocycles. The van der Waals surface area contributed by atoms with Crippen LogP contribution in [0.2, 0.25) is 0 Å². The fraction of sp³-hybridized carbons (Fsp3) is 0.100. The minimum Gasteiger partial charge on any atom is -0.404 e. The first-order valence-electron chi connectivity index (χ1n) is 3.59. The molecule has 0 unspecified atom stereocenters. The predicted octanol–water partition coefficient (Wildman–Crippen LogP) is 1.83. The van der Waals surface area contributed by atoms with Gasteiger partial charge >= 0.3 is 0 Å². The summed E-state index contributed by atoms with van der Waals surface area (Å²) in [5.41, 5.74) is 7.14. The summed E-state index contributed by atoms with van der Waals surface area (Å²) < 4.78 is 0. The molecule has 0 aliphatic heterocycles. The molecule has 2 N–H and O–H groups in total. The van der Waals surface area contributed by atoms with Crippen molar-refractivity contribution in [2.75, 3.05) is 7.05 Å². The second-order valence-electron chi connectivity index (χ2n) is 2.07. The van der Waals surface area contributed by atoms with Crippen molar-refractivity contribution in [1.82, 2.24) is 0 Å². The van der Waals surface area contributed by atoms with Crippen molar-refractivity contribution in [3.63, 3.8) is 0 Å². The third-order valence-electron chi connectivity index (χ3n) is 1.30. The Kier molecular flexibility index (Phi) is 5.35. The third kappa shape index (κ3) is 3.01. The lowest BCUT2D eigenvalue weighted by Crippen LogP contribution is -1.93. The number of aliphatic imine (C=N–C) groups is 1. The van der Waals surface area contributed by atoms with Crippen LogP contribution >= 0.6 is 0 Å². The molecule has 0 saturated heterocycles. The summed E-state index contributed by atoms with van der Waals surface area (Å²) in [6.45, 7) is 7.25. The van der Waals surface area contributed by atoms with Crippen LogP contribution in [-0.4, -0.2) is 13.3 Å². The zero-order chi connectivity index (χ0) is 9.40. The summed E-state index contributed by atoms with van der Waals surface area (Å²) >= 11 is 0. The quantitative estimate of drug-likeness (QED) is 0.497. The number of nitrogens with two attached hydrogens (primary N) is 1. The van der Waals surface area contributed by atoms with Gasteiger partial charge in [0.1, 0.15) is 0 Å². The maximum absolute atomic E-state index is 5.39. The normalized spacial score (nSPS) is 13.4. The second-order valence-corrected chi connectivity index (χ2v) is 2.07. The van der Waals surface area contributed by atoms with E-state index in [-0.39, 0.29) is 0 Å². The zero-order valence-electron chi connectivity index (χ0n) is 7.33. The molecule has 12 heavy (non-hydrogen) atoms. The molecule has 0 saturated carbocycles. The number of hydrogen-bond acceptors (Lipinski definition) is 2. The Labute approximate surface area is 73.5 Å². The number of hydrogen-bond donors (Lipinski definition) is 1. The Morgan fingerprint density at radius 3 is 2.33 bits per heavy atom. The van der Waals surface area contributed by atoms with Gasteiger partial charge in [-0.15, -0.1) is 0 Å². The summed E-state index contributed by atoms with van der Waals surface area (Å²) in [7, 11) is 1.69. The Bertz CT molecular complexity index is 245. The van der Waals surface area contributed by atoms with E-state index < -0.39 is 0 Å². The summed E-state index contributed by atoms with van der Waals surface area (Å²) in [5, 5.41) is 0. The Balaban J connectivity index is 4.81. The van der Waals surface area contributed by atoms with Crippen LogP contribution in [0.4, 0.5) is 0 Å². The molecule has 0 radical (unpaired) electrons. The van der Waals surface area contributed by atoms with Gasteiger partial charge in [-0.25, -0.2) is 0 Å². The molecule has 0 spiro atoms. The van der Waals surface area contributed by atoms with Crippen LogP contribution in [0, 0.1) is 0 Å². The molecule has 0 bridgehead atoms. The fourth-order valence-corrected chi connectivity index (χ4v) is 0.762. The number of rotatable bonds is 4. The van der Waals surface area contributed by atoms with Crippen molar-refractivity contribution in [3.8, 4) is 0 Å². The Morgan fingerprint density at radius 2 is 2.00 bits per heavy atom. The summed E-state index contributed by atoms with van der Waals surface area (Å²) in [6.07, 6.45) is 8.39. The van der Waals surface area contributed by atoms with E-state index in [1.807, 2.05) is 6.08 Å². The van der Waals surface area contributed by atoms with Crippen molar-refractivity contribution in [2.24, 2.45) is 10.7 Å². The first-order chi connectivity index (χ1) is 5.79. The maximum atomic E-state index is 5.39. The van der Waals surface area contributed by atoms with Crippen molar-refractivity contribution in [1.29, 1.82) is 0 Å². The van der Waals surface area contributed by atoms with Crippen LogP contribution in [0.15, 0.2) is 53.7 Å². The molecular formula is C10H14N2. The van der Waals surface area contributed by atoms with E-state index >= 15 is 0 Å². The predicted molar refractivity (Wildman–Crippen MR) is 55.2 cm³/mol. The van der Waals surface area contributed by atoms with E-state index in [4.69, 9.17) is 5.73 Å². The van der Waals surface area contributed by atoms with Gasteiger partial charge in [0.2, 0.25) is 0 Å². The van der Waals surface area contributed by atoms with E-state index in [0.29, 0.717) is 0 Å². The third-order valence-corrected chi connectivity index (χ3v) is 1.30. The molecule has 0 amide bonds. The molecule has 0 aromatic heterocycles. The Morgan fingerprint density at radius 1 is 1.33 bits per heavy atom. The highest BCUT2D eigenvalue weighted by atomic mass is 14.6. The average Bonchev–Trinajstić information content (AvgIpc) is 2.11. The van der Waals surface area contributed by atoms with Crippen molar-refractivity contribution in [2.45, 2.75) is 0 Å².